The third kappa shape index (κ3) is 3.42. The van der Waals surface area contributed by atoms with Crippen LogP contribution in [0, 0.1) is 5.82 Å². The molecule has 2 aromatic rings. The van der Waals surface area contributed by atoms with Crippen LogP contribution in [-0.2, 0) is 6.42 Å². The van der Waals surface area contributed by atoms with E-state index in [2.05, 4.69) is 9.97 Å². The Labute approximate surface area is 137 Å². The van der Waals surface area contributed by atoms with Crippen LogP contribution >= 0.6 is 0 Å². The number of nitrogens with zero attached hydrogens (tertiary/aromatic N) is 2. The molecule has 1 aromatic heterocycles. The van der Waals surface area contributed by atoms with Crippen LogP contribution in [0.3, 0.4) is 0 Å². The number of ether oxygens (including phenoxy) is 2. The van der Waals surface area contributed by atoms with E-state index in [1.54, 1.807) is 6.92 Å². The second-order valence-corrected chi connectivity index (χ2v) is 4.84. The van der Waals surface area contributed by atoms with Gasteiger partial charge in [-0.3, -0.25) is 0 Å². The van der Waals surface area contributed by atoms with Gasteiger partial charge < -0.3 is 14.6 Å². The van der Waals surface area contributed by atoms with Gasteiger partial charge in [0.25, 0.3) is 0 Å². The lowest BCUT2D eigenvalue weighted by Crippen LogP contribution is -2.10. The van der Waals surface area contributed by atoms with Crippen LogP contribution in [-0.4, -0.2) is 34.5 Å². The Kier molecular flexibility index (Phi) is 5.28. The summed E-state index contributed by atoms with van der Waals surface area (Å²) in [5.41, 5.74) is -0.345. The van der Waals surface area contributed by atoms with Crippen molar-refractivity contribution in [2.75, 3.05) is 7.11 Å². The summed E-state index contributed by atoms with van der Waals surface area (Å²) in [4.78, 5) is 19.0. The fourth-order valence-electron chi connectivity index (χ4n) is 2.17. The normalized spacial score (nSPS) is 11.9. The summed E-state index contributed by atoms with van der Waals surface area (Å²) in [6.45, 7) is 2.90. The van der Waals surface area contributed by atoms with Gasteiger partial charge in [0.2, 0.25) is 17.9 Å². The number of aryl methyl sites for hydroxylation is 1. The van der Waals surface area contributed by atoms with Gasteiger partial charge in [-0.1, -0.05) is 13.0 Å². The summed E-state index contributed by atoms with van der Waals surface area (Å²) >= 11 is 0. The van der Waals surface area contributed by atoms with Crippen molar-refractivity contribution in [2.45, 2.75) is 26.6 Å². The van der Waals surface area contributed by atoms with Crippen LogP contribution in [0.5, 0.6) is 11.6 Å². The molecule has 6 nitrogen and oxygen atoms in total. The van der Waals surface area contributed by atoms with Crippen molar-refractivity contribution >= 4 is 5.97 Å². The smallest absolute Gasteiger partial charge is 0.360 e. The van der Waals surface area contributed by atoms with Crippen molar-refractivity contribution in [3.63, 3.8) is 0 Å². The Hall–Kier alpha value is -2.77. The molecule has 0 saturated carbocycles. The number of carboxylic acids is 1. The highest BCUT2D eigenvalue weighted by Gasteiger charge is 2.22. The molecule has 0 radical (unpaired) electrons. The van der Waals surface area contributed by atoms with Gasteiger partial charge in [0, 0.05) is 6.92 Å². The van der Waals surface area contributed by atoms with Crippen LogP contribution < -0.4 is 9.47 Å². The minimum absolute atomic E-state index is 0.0864. The summed E-state index contributed by atoms with van der Waals surface area (Å²) in [7, 11) is 1.24. The molecule has 8 heteroatoms. The van der Waals surface area contributed by atoms with Gasteiger partial charge in [0.05, 0.1) is 24.6 Å². The molecule has 0 bridgehead atoms. The number of alkyl halides is 1. The predicted molar refractivity (Wildman–Crippen MR) is 81.5 cm³/mol. The second kappa shape index (κ2) is 7.20. The zero-order valence-corrected chi connectivity index (χ0v) is 13.3. The number of hydrogen-bond acceptors (Lipinski definition) is 5. The van der Waals surface area contributed by atoms with E-state index < -0.39 is 23.8 Å². The van der Waals surface area contributed by atoms with E-state index in [0.29, 0.717) is 12.0 Å². The first-order valence-electron chi connectivity index (χ1n) is 7.15. The third-order valence-electron chi connectivity index (χ3n) is 3.24. The summed E-state index contributed by atoms with van der Waals surface area (Å²) < 4.78 is 37.8. The van der Waals surface area contributed by atoms with Gasteiger partial charge in [-0.2, -0.15) is 0 Å². The fraction of sp³-hybridized carbons (Fsp3) is 0.312. The molecule has 0 saturated heterocycles. The van der Waals surface area contributed by atoms with E-state index in [4.69, 9.17) is 9.47 Å². The van der Waals surface area contributed by atoms with Crippen molar-refractivity contribution in [1.82, 2.24) is 9.97 Å². The van der Waals surface area contributed by atoms with Gasteiger partial charge in [-0.05, 0) is 18.1 Å². The highest BCUT2D eigenvalue weighted by atomic mass is 19.1. The molecule has 0 spiro atoms. The maximum atomic E-state index is 14.7. The van der Waals surface area contributed by atoms with E-state index in [0.717, 1.165) is 13.1 Å². The number of halogens is 2. The Morgan fingerprint density at radius 1 is 1.42 bits per heavy atom. The number of carboxylic acid groups (broad SMARTS) is 1. The largest absolute Gasteiger partial charge is 0.479 e. The lowest BCUT2D eigenvalue weighted by atomic mass is 10.0. The lowest BCUT2D eigenvalue weighted by molar-refractivity contribution is 0.0685. The Bertz CT molecular complexity index is 766. The van der Waals surface area contributed by atoms with Gasteiger partial charge >= 0.3 is 5.97 Å². The molecule has 0 aliphatic rings. The number of carbonyl (C=O) groups is 1. The SMILES string of the molecule is CCc1ccc(OC(C)F)c(-c2cnc(OC)c(C(=O)O)n2)c1F. The molecule has 0 aliphatic heterocycles. The zero-order valence-electron chi connectivity index (χ0n) is 13.3. The van der Waals surface area contributed by atoms with Gasteiger partial charge in [-0.15, -0.1) is 0 Å². The van der Waals surface area contributed by atoms with Crippen LogP contribution in [0.25, 0.3) is 11.3 Å². The first kappa shape index (κ1) is 17.6. The molecular weight excluding hydrogens is 322 g/mol. The van der Waals surface area contributed by atoms with E-state index in [1.165, 1.54) is 19.2 Å². The minimum Gasteiger partial charge on any atom is -0.479 e. The quantitative estimate of drug-likeness (QED) is 0.871. The van der Waals surface area contributed by atoms with E-state index in [9.17, 15) is 18.7 Å². The summed E-state index contributed by atoms with van der Waals surface area (Å²) in [5.74, 6) is -2.34. The molecule has 0 fully saturated rings. The lowest BCUT2D eigenvalue weighted by Gasteiger charge is -2.15. The molecule has 128 valence electrons. The molecule has 24 heavy (non-hydrogen) atoms. The molecule has 1 unspecified atom stereocenters. The first-order valence-corrected chi connectivity index (χ1v) is 7.15. The van der Waals surface area contributed by atoms with Gasteiger partial charge in [0.15, 0.2) is 0 Å². The maximum Gasteiger partial charge on any atom is 0.360 e. The van der Waals surface area contributed by atoms with Crippen LogP contribution in [0.2, 0.25) is 0 Å². The van der Waals surface area contributed by atoms with Crippen molar-refractivity contribution in [3.8, 4) is 22.9 Å². The Morgan fingerprint density at radius 3 is 2.67 bits per heavy atom. The summed E-state index contributed by atoms with van der Waals surface area (Å²) in [5, 5.41) is 9.19. The first-order chi connectivity index (χ1) is 11.4. The molecule has 0 amide bonds. The van der Waals surface area contributed by atoms with Crippen molar-refractivity contribution < 1.29 is 28.2 Å². The molecule has 1 atom stereocenters. The Balaban J connectivity index is 2.70. The minimum atomic E-state index is -1.68. The topological polar surface area (TPSA) is 81.5 Å². The molecular formula is C16H16F2N2O4. The molecule has 0 aliphatic carbocycles. The average molecular weight is 338 g/mol. The Morgan fingerprint density at radius 2 is 2.12 bits per heavy atom. The number of rotatable bonds is 6. The van der Waals surface area contributed by atoms with Crippen molar-refractivity contribution in [1.29, 1.82) is 0 Å². The fourth-order valence-corrected chi connectivity index (χ4v) is 2.17. The standard InChI is InChI=1S/C16H16F2N2O4/c1-4-9-5-6-11(24-8(2)17)12(13(9)18)10-7-19-15(23-3)14(20-10)16(21)22/h5-8H,4H2,1-3H3,(H,21,22). The third-order valence-corrected chi connectivity index (χ3v) is 3.24. The highest BCUT2D eigenvalue weighted by molar-refractivity contribution is 5.88. The monoisotopic (exact) mass is 338 g/mol. The number of aromatic nitrogens is 2. The van der Waals surface area contributed by atoms with Crippen LogP contribution in [0.4, 0.5) is 8.78 Å². The predicted octanol–water partition coefficient (Wildman–Crippen LogP) is 3.25. The maximum absolute atomic E-state index is 14.7. The van der Waals surface area contributed by atoms with Crippen molar-refractivity contribution in [3.05, 3.63) is 35.4 Å². The van der Waals surface area contributed by atoms with Gasteiger partial charge in [-0.25, -0.2) is 23.5 Å². The number of methoxy groups -OCH3 is 1. The molecule has 2 rings (SSSR count). The van der Waals surface area contributed by atoms with Crippen LogP contribution in [0.1, 0.15) is 29.9 Å². The second-order valence-electron chi connectivity index (χ2n) is 4.84. The molecule has 1 N–H and O–H groups in total. The number of hydrogen-bond donors (Lipinski definition) is 1. The molecule has 1 aromatic carbocycles. The summed E-state index contributed by atoms with van der Waals surface area (Å²) in [6, 6.07) is 2.89. The zero-order chi connectivity index (χ0) is 17.9. The summed E-state index contributed by atoms with van der Waals surface area (Å²) in [6.07, 6.45) is -0.140. The highest BCUT2D eigenvalue weighted by Crippen LogP contribution is 2.35. The van der Waals surface area contributed by atoms with Crippen molar-refractivity contribution in [2.24, 2.45) is 0 Å². The van der Waals surface area contributed by atoms with Gasteiger partial charge in [0.1, 0.15) is 11.6 Å². The number of benzene rings is 1. The van der Waals surface area contributed by atoms with E-state index in [1.807, 2.05) is 0 Å². The van der Waals surface area contributed by atoms with E-state index in [-0.39, 0.29) is 22.9 Å². The molecule has 1 heterocycles. The average Bonchev–Trinajstić information content (AvgIpc) is 2.54. The number of aromatic carboxylic acids is 1. The van der Waals surface area contributed by atoms with E-state index >= 15 is 0 Å². The van der Waals surface area contributed by atoms with Crippen LogP contribution in [0.15, 0.2) is 18.3 Å².